The molecule has 0 unspecified atom stereocenters. The molecule has 1 saturated heterocycles. The normalized spacial score (nSPS) is 18.9. The van der Waals surface area contributed by atoms with Crippen molar-refractivity contribution in [1.29, 1.82) is 0 Å². The molecule has 23 heavy (non-hydrogen) atoms. The van der Waals surface area contributed by atoms with Crippen LogP contribution in [0.3, 0.4) is 0 Å². The van der Waals surface area contributed by atoms with E-state index in [0.29, 0.717) is 18.8 Å². The van der Waals surface area contributed by atoms with Gasteiger partial charge in [-0.05, 0) is 12.5 Å². The van der Waals surface area contributed by atoms with Gasteiger partial charge in [-0.15, -0.1) is 0 Å². The molecular formula is C18H37N2O2S+. The number of nitrogens with zero attached hydrogens (tertiary/aromatic N) is 2. The third-order valence-electron chi connectivity index (χ3n) is 5.00. The third kappa shape index (κ3) is 7.81. The van der Waals surface area contributed by atoms with Crippen LogP contribution in [-0.4, -0.2) is 62.7 Å². The Hall–Kier alpha value is -0.390. The standard InChI is InChI=1S/C18H37N2O2S/c1-4-6-7-8-9-10-11-12-18-23(21,22)19-13-16-20(3,15-5-2)17-14-19/h5H,2,4,6-18H2,1,3H3/q+1. The van der Waals surface area contributed by atoms with Crippen molar-refractivity contribution in [1.82, 2.24) is 4.31 Å². The highest BCUT2D eigenvalue weighted by atomic mass is 32.2. The SMILES string of the molecule is C=CC[N+]1(C)CCN(S(=O)(=O)CCCCCCCCCC)CC1. The monoisotopic (exact) mass is 345 g/mol. The number of rotatable bonds is 12. The van der Waals surface area contributed by atoms with Crippen LogP contribution in [0.1, 0.15) is 58.3 Å². The molecule has 0 aromatic carbocycles. The van der Waals surface area contributed by atoms with E-state index in [9.17, 15) is 8.42 Å². The van der Waals surface area contributed by atoms with Gasteiger partial charge >= 0.3 is 0 Å². The van der Waals surface area contributed by atoms with Crippen LogP contribution in [0.5, 0.6) is 0 Å². The molecule has 0 saturated carbocycles. The molecule has 0 aliphatic carbocycles. The second-order valence-corrected chi connectivity index (χ2v) is 9.32. The van der Waals surface area contributed by atoms with Gasteiger partial charge in [0, 0.05) is 0 Å². The largest absolute Gasteiger partial charge is 0.321 e. The van der Waals surface area contributed by atoms with E-state index in [2.05, 4.69) is 20.6 Å². The first-order valence-corrected chi connectivity index (χ1v) is 11.0. The zero-order chi connectivity index (χ0) is 17.2. The van der Waals surface area contributed by atoms with Crippen molar-refractivity contribution in [3.05, 3.63) is 12.7 Å². The van der Waals surface area contributed by atoms with Gasteiger partial charge < -0.3 is 4.48 Å². The fraction of sp³-hybridized carbons (Fsp3) is 0.889. The predicted octanol–water partition coefficient (Wildman–Crippen LogP) is 3.41. The molecule has 1 rings (SSSR count). The van der Waals surface area contributed by atoms with E-state index in [0.717, 1.165) is 37.0 Å². The molecule has 1 aliphatic rings. The fourth-order valence-electron chi connectivity index (χ4n) is 3.25. The highest BCUT2D eigenvalue weighted by Gasteiger charge is 2.33. The van der Waals surface area contributed by atoms with E-state index in [1.54, 1.807) is 4.31 Å². The Bertz CT molecular complexity index is 426. The predicted molar refractivity (Wildman–Crippen MR) is 99.0 cm³/mol. The van der Waals surface area contributed by atoms with Gasteiger partial charge in [0.2, 0.25) is 10.0 Å². The van der Waals surface area contributed by atoms with Crippen LogP contribution in [0.2, 0.25) is 0 Å². The quantitative estimate of drug-likeness (QED) is 0.309. The van der Waals surface area contributed by atoms with E-state index < -0.39 is 10.0 Å². The lowest BCUT2D eigenvalue weighted by Gasteiger charge is -2.40. The smallest absolute Gasteiger partial charge is 0.214 e. The molecule has 1 aliphatic heterocycles. The first kappa shape index (κ1) is 20.7. The lowest BCUT2D eigenvalue weighted by Crippen LogP contribution is -2.58. The van der Waals surface area contributed by atoms with Crippen LogP contribution in [0.25, 0.3) is 0 Å². The Morgan fingerprint density at radius 1 is 1.00 bits per heavy atom. The van der Waals surface area contributed by atoms with E-state index >= 15 is 0 Å². The second-order valence-electron chi connectivity index (χ2n) is 7.23. The van der Waals surface area contributed by atoms with Gasteiger partial charge in [-0.2, -0.15) is 4.31 Å². The summed E-state index contributed by atoms with van der Waals surface area (Å²) < 4.78 is 27.5. The zero-order valence-corrected chi connectivity index (χ0v) is 16.1. The van der Waals surface area contributed by atoms with Crippen LogP contribution in [0.4, 0.5) is 0 Å². The van der Waals surface area contributed by atoms with Gasteiger partial charge in [0.05, 0.1) is 45.5 Å². The number of quaternary nitrogens is 1. The molecule has 5 heteroatoms. The van der Waals surface area contributed by atoms with Crippen LogP contribution in [0.15, 0.2) is 12.7 Å². The summed E-state index contributed by atoms with van der Waals surface area (Å²) >= 11 is 0. The molecule has 0 aromatic heterocycles. The average molecular weight is 346 g/mol. The molecule has 1 fully saturated rings. The van der Waals surface area contributed by atoms with Crippen molar-refractivity contribution in [2.45, 2.75) is 58.3 Å². The molecule has 0 amide bonds. The van der Waals surface area contributed by atoms with Crippen molar-refractivity contribution < 1.29 is 12.9 Å². The lowest BCUT2D eigenvalue weighted by atomic mass is 10.1. The maximum atomic E-state index is 12.4. The summed E-state index contributed by atoms with van der Waals surface area (Å²) in [6, 6.07) is 0. The number of unbranched alkanes of at least 4 members (excludes halogenated alkanes) is 7. The van der Waals surface area contributed by atoms with Gasteiger partial charge in [-0.3, -0.25) is 0 Å². The minimum absolute atomic E-state index is 0.327. The third-order valence-corrected chi connectivity index (χ3v) is 6.95. The topological polar surface area (TPSA) is 37.4 Å². The lowest BCUT2D eigenvalue weighted by molar-refractivity contribution is -0.907. The number of sulfonamides is 1. The molecule has 136 valence electrons. The fourth-order valence-corrected chi connectivity index (χ4v) is 4.80. The first-order valence-electron chi connectivity index (χ1n) is 9.36. The molecule has 0 atom stereocenters. The highest BCUT2D eigenvalue weighted by Crippen LogP contribution is 2.15. The molecule has 1 heterocycles. The molecule has 0 radical (unpaired) electrons. The second kappa shape index (κ2) is 10.5. The van der Waals surface area contributed by atoms with Gasteiger partial charge in [-0.25, -0.2) is 8.42 Å². The first-order chi connectivity index (χ1) is 10.9. The summed E-state index contributed by atoms with van der Waals surface area (Å²) in [5.41, 5.74) is 0. The molecule has 0 bridgehead atoms. The minimum atomic E-state index is -3.05. The maximum Gasteiger partial charge on any atom is 0.214 e. The van der Waals surface area contributed by atoms with Crippen molar-refractivity contribution in [2.75, 3.05) is 45.5 Å². The Labute approximate surface area is 144 Å². The summed E-state index contributed by atoms with van der Waals surface area (Å²) in [4.78, 5) is 0. The van der Waals surface area contributed by atoms with Crippen molar-refractivity contribution in [2.24, 2.45) is 0 Å². The van der Waals surface area contributed by atoms with Crippen molar-refractivity contribution >= 4 is 10.0 Å². The van der Waals surface area contributed by atoms with Gasteiger partial charge in [-0.1, -0.05) is 58.4 Å². The Balaban J connectivity index is 2.20. The van der Waals surface area contributed by atoms with E-state index in [-0.39, 0.29) is 0 Å². The van der Waals surface area contributed by atoms with Crippen LogP contribution >= 0.6 is 0 Å². The summed E-state index contributed by atoms with van der Waals surface area (Å²) in [7, 11) is -0.868. The Kier molecular flexibility index (Phi) is 9.40. The zero-order valence-electron chi connectivity index (χ0n) is 15.3. The molecule has 0 aromatic rings. The van der Waals surface area contributed by atoms with Crippen LogP contribution in [0, 0.1) is 0 Å². The summed E-state index contributed by atoms with van der Waals surface area (Å²) in [6.07, 6.45) is 11.4. The molecule has 0 spiro atoms. The van der Waals surface area contributed by atoms with Crippen molar-refractivity contribution in [3.8, 4) is 0 Å². The minimum Gasteiger partial charge on any atom is -0.321 e. The Morgan fingerprint density at radius 3 is 2.04 bits per heavy atom. The summed E-state index contributed by atoms with van der Waals surface area (Å²) in [5, 5.41) is 0. The van der Waals surface area contributed by atoms with E-state index in [4.69, 9.17) is 0 Å². The van der Waals surface area contributed by atoms with Crippen molar-refractivity contribution in [3.63, 3.8) is 0 Å². The molecular weight excluding hydrogens is 308 g/mol. The Morgan fingerprint density at radius 2 is 1.52 bits per heavy atom. The number of hydrogen-bond acceptors (Lipinski definition) is 2. The molecule has 0 N–H and O–H groups in total. The number of likely N-dealkylation sites (N-methyl/N-ethyl adjacent to an activating group) is 1. The van der Waals surface area contributed by atoms with Gasteiger partial charge in [0.15, 0.2) is 0 Å². The summed E-state index contributed by atoms with van der Waals surface area (Å²) in [6.45, 7) is 10.0. The van der Waals surface area contributed by atoms with E-state index in [1.807, 2.05) is 6.08 Å². The maximum absolute atomic E-state index is 12.4. The van der Waals surface area contributed by atoms with Crippen LogP contribution in [-0.2, 0) is 10.0 Å². The highest BCUT2D eigenvalue weighted by molar-refractivity contribution is 7.89. The molecule has 4 nitrogen and oxygen atoms in total. The number of hydrogen-bond donors (Lipinski definition) is 0. The van der Waals surface area contributed by atoms with Gasteiger partial charge in [0.25, 0.3) is 0 Å². The van der Waals surface area contributed by atoms with Crippen LogP contribution < -0.4 is 0 Å². The number of piperazine rings is 1. The summed E-state index contributed by atoms with van der Waals surface area (Å²) in [5.74, 6) is 0.327. The van der Waals surface area contributed by atoms with Gasteiger partial charge in [0.1, 0.15) is 0 Å². The average Bonchev–Trinajstić information content (AvgIpc) is 2.50. The van der Waals surface area contributed by atoms with E-state index in [1.165, 1.54) is 38.5 Å².